The molecule has 220 valence electrons. The molecule has 1 N–H and O–H groups in total. The van der Waals surface area contributed by atoms with Gasteiger partial charge in [0.15, 0.2) is 15.8 Å². The third-order valence-electron chi connectivity index (χ3n) is 6.55. The van der Waals surface area contributed by atoms with Gasteiger partial charge in [-0.3, -0.25) is 14.5 Å². The molecule has 1 saturated heterocycles. The highest BCUT2D eigenvalue weighted by atomic mass is 32.2. The van der Waals surface area contributed by atoms with Crippen molar-refractivity contribution >= 4 is 45.7 Å². The van der Waals surface area contributed by atoms with E-state index >= 15 is 0 Å². The molecule has 43 heavy (non-hydrogen) atoms. The number of benzene rings is 3. The van der Waals surface area contributed by atoms with Crippen LogP contribution in [0, 0.1) is 0 Å². The van der Waals surface area contributed by atoms with Crippen molar-refractivity contribution in [1.29, 1.82) is 0 Å². The number of thioether (sulfide) groups is 1. The summed E-state index contributed by atoms with van der Waals surface area (Å²) in [6.45, 7) is 6.16. The zero-order valence-electron chi connectivity index (χ0n) is 23.6. The zero-order chi connectivity index (χ0) is 30.3. The summed E-state index contributed by atoms with van der Waals surface area (Å²) in [6.07, 6.45) is 1.62. The molecule has 9 nitrogen and oxygen atoms in total. The maximum Gasteiger partial charge on any atom is 0.301 e. The Balaban J connectivity index is 1.59. The maximum atomic E-state index is 13.6. The fourth-order valence-corrected chi connectivity index (χ4v) is 6.38. The number of Topliss-reactive ketones (excluding diaryl/α,β-unsaturated/α-hetero) is 1. The maximum absolute atomic E-state index is 13.6. The van der Waals surface area contributed by atoms with E-state index in [9.17, 15) is 14.7 Å². The van der Waals surface area contributed by atoms with Gasteiger partial charge in [0.25, 0.3) is 5.78 Å². The van der Waals surface area contributed by atoms with E-state index in [0.717, 1.165) is 5.56 Å². The number of rotatable bonds is 12. The topological polar surface area (TPSA) is 111 Å². The number of amides is 1. The Hall–Kier alpha value is -4.61. The molecule has 0 spiro atoms. The Kier molecular flexibility index (Phi) is 9.43. The van der Waals surface area contributed by atoms with Crippen LogP contribution >= 0.6 is 23.1 Å². The highest BCUT2D eigenvalue weighted by Gasteiger charge is 2.48. The first-order chi connectivity index (χ1) is 20.9. The number of ether oxygens (including phenoxy) is 3. The van der Waals surface area contributed by atoms with Crippen molar-refractivity contribution in [2.75, 3.05) is 25.2 Å². The first kappa shape index (κ1) is 29.9. The predicted octanol–water partition coefficient (Wildman–Crippen LogP) is 6.43. The van der Waals surface area contributed by atoms with E-state index in [1.165, 1.54) is 35.1 Å². The molecule has 3 aromatic carbocycles. The van der Waals surface area contributed by atoms with Gasteiger partial charge < -0.3 is 19.3 Å². The monoisotopic (exact) mass is 615 g/mol. The van der Waals surface area contributed by atoms with Crippen LogP contribution < -0.4 is 19.1 Å². The van der Waals surface area contributed by atoms with E-state index in [0.29, 0.717) is 45.1 Å². The molecule has 1 fully saturated rings. The number of methoxy groups -OCH3 is 1. The SMILES string of the molecule is C=CCOc1ccc(C2/C(=C(\O)c3ccc(OC)cc3)C(=O)C(=O)N2c2nnc(SCc3ccccc3)s2)cc1OCC. The van der Waals surface area contributed by atoms with Gasteiger partial charge in [-0.05, 0) is 54.4 Å². The number of hydrogen-bond acceptors (Lipinski definition) is 10. The largest absolute Gasteiger partial charge is 0.507 e. The molecular weight excluding hydrogens is 587 g/mol. The fourth-order valence-electron chi connectivity index (χ4n) is 4.56. The van der Waals surface area contributed by atoms with Crippen molar-refractivity contribution in [3.05, 3.63) is 108 Å². The lowest BCUT2D eigenvalue weighted by atomic mass is 9.95. The molecule has 0 radical (unpaired) electrons. The van der Waals surface area contributed by atoms with Gasteiger partial charge in [-0.25, -0.2) is 0 Å². The molecule has 11 heteroatoms. The lowest BCUT2D eigenvalue weighted by molar-refractivity contribution is -0.132. The first-order valence-electron chi connectivity index (χ1n) is 13.4. The summed E-state index contributed by atoms with van der Waals surface area (Å²) in [5.74, 6) is 0.180. The Morgan fingerprint density at radius 3 is 2.51 bits per heavy atom. The van der Waals surface area contributed by atoms with Crippen molar-refractivity contribution in [1.82, 2.24) is 10.2 Å². The molecule has 1 aliphatic rings. The molecule has 4 aromatic rings. The van der Waals surface area contributed by atoms with Crippen LogP contribution in [0.15, 0.2) is 95.4 Å². The van der Waals surface area contributed by atoms with E-state index in [2.05, 4.69) is 16.8 Å². The van der Waals surface area contributed by atoms with Crippen molar-refractivity contribution < 1.29 is 28.9 Å². The molecule has 0 saturated carbocycles. The van der Waals surface area contributed by atoms with E-state index in [1.54, 1.807) is 48.5 Å². The molecule has 0 aliphatic carbocycles. The van der Waals surface area contributed by atoms with Crippen molar-refractivity contribution in [2.24, 2.45) is 0 Å². The average Bonchev–Trinajstić information content (AvgIpc) is 3.61. The Morgan fingerprint density at radius 1 is 1.05 bits per heavy atom. The summed E-state index contributed by atoms with van der Waals surface area (Å²) in [5, 5.41) is 20.3. The number of aromatic nitrogens is 2. The molecule has 2 heterocycles. The second-order valence-electron chi connectivity index (χ2n) is 9.26. The summed E-state index contributed by atoms with van der Waals surface area (Å²) in [5.41, 5.74) is 1.92. The Morgan fingerprint density at radius 2 is 1.81 bits per heavy atom. The third kappa shape index (κ3) is 6.42. The zero-order valence-corrected chi connectivity index (χ0v) is 25.2. The number of anilines is 1. The summed E-state index contributed by atoms with van der Waals surface area (Å²) in [6, 6.07) is 20.6. The van der Waals surface area contributed by atoms with Crippen LogP contribution in [-0.2, 0) is 15.3 Å². The van der Waals surface area contributed by atoms with Crippen LogP contribution in [0.3, 0.4) is 0 Å². The minimum Gasteiger partial charge on any atom is -0.507 e. The number of ketones is 1. The number of nitrogens with zero attached hydrogens (tertiary/aromatic N) is 3. The van der Waals surface area contributed by atoms with Gasteiger partial charge in [0.1, 0.15) is 18.1 Å². The summed E-state index contributed by atoms with van der Waals surface area (Å²) in [7, 11) is 1.53. The highest BCUT2D eigenvalue weighted by Crippen LogP contribution is 2.45. The quantitative estimate of drug-likeness (QED) is 0.0481. The van der Waals surface area contributed by atoms with Gasteiger partial charge in [-0.2, -0.15) is 0 Å². The van der Waals surface area contributed by atoms with Crippen molar-refractivity contribution in [3.8, 4) is 17.2 Å². The summed E-state index contributed by atoms with van der Waals surface area (Å²) < 4.78 is 17.5. The van der Waals surface area contributed by atoms with Crippen molar-refractivity contribution in [2.45, 2.75) is 23.1 Å². The first-order valence-corrected chi connectivity index (χ1v) is 15.2. The predicted molar refractivity (Wildman–Crippen MR) is 167 cm³/mol. The van der Waals surface area contributed by atoms with Crippen LogP contribution in [0.2, 0.25) is 0 Å². The minimum absolute atomic E-state index is 0.0777. The molecule has 5 rings (SSSR count). The molecule has 1 amide bonds. The summed E-state index contributed by atoms with van der Waals surface area (Å²) >= 11 is 2.69. The van der Waals surface area contributed by atoms with Crippen LogP contribution in [0.25, 0.3) is 5.76 Å². The molecule has 1 atom stereocenters. The highest BCUT2D eigenvalue weighted by molar-refractivity contribution is 8.00. The molecule has 1 aliphatic heterocycles. The lowest BCUT2D eigenvalue weighted by Gasteiger charge is -2.23. The number of aliphatic hydroxyl groups is 1. The number of carbonyl (C=O) groups is 2. The fraction of sp³-hybridized carbons (Fsp3) is 0.188. The minimum atomic E-state index is -1.00. The lowest BCUT2D eigenvalue weighted by Crippen LogP contribution is -2.29. The van der Waals surface area contributed by atoms with E-state index in [4.69, 9.17) is 14.2 Å². The average molecular weight is 616 g/mol. The van der Waals surface area contributed by atoms with Gasteiger partial charge >= 0.3 is 5.91 Å². The van der Waals surface area contributed by atoms with Gasteiger partial charge in [0.2, 0.25) is 5.13 Å². The van der Waals surface area contributed by atoms with Gasteiger partial charge in [0.05, 0.1) is 25.3 Å². The van der Waals surface area contributed by atoms with E-state index < -0.39 is 17.7 Å². The van der Waals surface area contributed by atoms with Gasteiger partial charge in [-0.15, -0.1) is 10.2 Å². The smallest absolute Gasteiger partial charge is 0.301 e. The summed E-state index contributed by atoms with van der Waals surface area (Å²) in [4.78, 5) is 28.5. The van der Waals surface area contributed by atoms with Crippen LogP contribution in [0.4, 0.5) is 5.13 Å². The standard InChI is InChI=1S/C32H29N3O6S2/c1-4-17-41-24-16-13-22(18-25(24)40-5-2)27-26(28(36)21-11-14-23(39-3)15-12-21)29(37)30(38)35(27)31-33-34-32(43-31)42-19-20-9-7-6-8-10-20/h4,6-16,18,27,36H,1,5,17,19H2,2-3H3/b28-26+. The van der Waals surface area contributed by atoms with E-state index in [1.807, 2.05) is 37.3 Å². The molecule has 0 bridgehead atoms. The van der Waals surface area contributed by atoms with Crippen LogP contribution in [0.5, 0.6) is 17.2 Å². The molecular formula is C32H29N3O6S2. The van der Waals surface area contributed by atoms with Gasteiger partial charge in [0, 0.05) is 11.3 Å². The number of carbonyl (C=O) groups excluding carboxylic acids is 2. The number of aliphatic hydroxyl groups excluding tert-OH is 1. The molecule has 1 unspecified atom stereocenters. The van der Waals surface area contributed by atoms with Crippen LogP contribution in [0.1, 0.15) is 29.7 Å². The molecule has 1 aromatic heterocycles. The second kappa shape index (κ2) is 13.6. The Bertz CT molecular complexity index is 1650. The normalized spacial score (nSPS) is 15.9. The van der Waals surface area contributed by atoms with E-state index in [-0.39, 0.29) is 23.1 Å². The number of hydrogen-bond donors (Lipinski definition) is 1. The third-order valence-corrected chi connectivity index (χ3v) is 8.68. The van der Waals surface area contributed by atoms with Crippen LogP contribution in [-0.4, -0.2) is 47.3 Å². The second-order valence-corrected chi connectivity index (χ2v) is 11.4. The van der Waals surface area contributed by atoms with Gasteiger partial charge in [-0.1, -0.05) is 72.2 Å². The Labute approximate surface area is 257 Å². The van der Waals surface area contributed by atoms with Crippen molar-refractivity contribution in [3.63, 3.8) is 0 Å².